The number of halogens is 1. The minimum absolute atomic E-state index is 0.0614. The normalized spacial score (nSPS) is 25.5. The van der Waals surface area contributed by atoms with E-state index in [0.717, 1.165) is 0 Å². The molecule has 1 fully saturated rings. The fourth-order valence-corrected chi connectivity index (χ4v) is 5.87. The average molecular weight is 364 g/mol. The van der Waals surface area contributed by atoms with Gasteiger partial charge in [-0.2, -0.15) is 0 Å². The molecule has 2 aromatic carbocycles. The highest BCUT2D eigenvalue weighted by Crippen LogP contribution is 2.64. The third-order valence-electron chi connectivity index (χ3n) is 4.67. The maximum absolute atomic E-state index is 13.2. The number of carboxylic acid groups (broad SMARTS) is 1. The van der Waals surface area contributed by atoms with Crippen molar-refractivity contribution >= 4 is 15.8 Å². The van der Waals surface area contributed by atoms with Crippen LogP contribution >= 0.6 is 0 Å². The van der Waals surface area contributed by atoms with Crippen molar-refractivity contribution in [1.29, 1.82) is 0 Å². The summed E-state index contributed by atoms with van der Waals surface area (Å²) in [6.45, 7) is -0.249. The molecule has 3 atom stereocenters. The molecule has 2 aromatic rings. The van der Waals surface area contributed by atoms with E-state index in [-0.39, 0.29) is 11.5 Å². The van der Waals surface area contributed by atoms with Gasteiger partial charge in [0.1, 0.15) is 11.2 Å². The van der Waals surface area contributed by atoms with Gasteiger partial charge in [-0.3, -0.25) is 4.79 Å². The van der Waals surface area contributed by atoms with Gasteiger partial charge in [-0.1, -0.05) is 30.3 Å². The van der Waals surface area contributed by atoms with E-state index in [1.807, 2.05) is 0 Å². The van der Waals surface area contributed by atoms with E-state index >= 15 is 0 Å². The minimum atomic E-state index is -3.90. The highest BCUT2D eigenvalue weighted by molar-refractivity contribution is 7.92. The standard InChI is InChI=1S/C18H17FO5S/c1-24-11-18(17(20)21)15(12-7-9-13(19)10-8-12)16(18)25(22,23)14-5-3-2-4-6-14/h2-10,15-16H,11H2,1H3,(H,20,21). The molecule has 0 amide bonds. The smallest absolute Gasteiger partial charge is 0.314 e. The van der Waals surface area contributed by atoms with E-state index in [9.17, 15) is 22.7 Å². The van der Waals surface area contributed by atoms with Crippen LogP contribution in [-0.2, 0) is 19.4 Å². The molecule has 0 aliphatic heterocycles. The zero-order valence-corrected chi connectivity index (χ0v) is 14.2. The van der Waals surface area contributed by atoms with Gasteiger partial charge < -0.3 is 9.84 Å². The third kappa shape index (κ3) is 2.73. The van der Waals surface area contributed by atoms with Gasteiger partial charge in [0.15, 0.2) is 9.84 Å². The minimum Gasteiger partial charge on any atom is -0.481 e. The first-order chi connectivity index (χ1) is 11.9. The fourth-order valence-electron chi connectivity index (χ4n) is 3.49. The van der Waals surface area contributed by atoms with Gasteiger partial charge in [0.05, 0.1) is 16.8 Å². The number of hydrogen-bond acceptors (Lipinski definition) is 4. The van der Waals surface area contributed by atoms with Crippen LogP contribution in [-0.4, -0.2) is 38.5 Å². The lowest BCUT2D eigenvalue weighted by molar-refractivity contribution is -0.145. The molecule has 1 saturated carbocycles. The van der Waals surface area contributed by atoms with Crippen molar-refractivity contribution in [3.05, 3.63) is 66.0 Å². The topological polar surface area (TPSA) is 80.7 Å². The first kappa shape index (κ1) is 17.6. The van der Waals surface area contributed by atoms with Crippen molar-refractivity contribution in [3.63, 3.8) is 0 Å². The van der Waals surface area contributed by atoms with Gasteiger partial charge in [-0.25, -0.2) is 12.8 Å². The lowest BCUT2D eigenvalue weighted by Gasteiger charge is -2.12. The van der Waals surface area contributed by atoms with Gasteiger partial charge >= 0.3 is 5.97 Å². The second-order valence-electron chi connectivity index (χ2n) is 6.09. The molecular weight excluding hydrogens is 347 g/mol. The predicted molar refractivity (Wildman–Crippen MR) is 88.5 cm³/mol. The van der Waals surface area contributed by atoms with Crippen LogP contribution in [0.15, 0.2) is 59.5 Å². The number of methoxy groups -OCH3 is 1. The summed E-state index contributed by atoms with van der Waals surface area (Å²) in [5.74, 6) is -2.52. The van der Waals surface area contributed by atoms with Crippen LogP contribution in [0.1, 0.15) is 11.5 Å². The van der Waals surface area contributed by atoms with Crippen molar-refractivity contribution in [2.75, 3.05) is 13.7 Å². The van der Waals surface area contributed by atoms with Gasteiger partial charge in [0, 0.05) is 13.0 Å². The highest BCUT2D eigenvalue weighted by Gasteiger charge is 2.76. The first-order valence-corrected chi connectivity index (χ1v) is 9.17. The molecule has 0 spiro atoms. The van der Waals surface area contributed by atoms with E-state index in [1.54, 1.807) is 18.2 Å². The third-order valence-corrected chi connectivity index (χ3v) is 6.96. The number of carbonyl (C=O) groups is 1. The lowest BCUT2D eigenvalue weighted by atomic mass is 10.00. The summed E-state index contributed by atoms with van der Waals surface area (Å²) in [5, 5.41) is 8.61. The number of hydrogen-bond donors (Lipinski definition) is 1. The SMILES string of the molecule is COCC1(C(=O)O)C(c2ccc(F)cc2)C1S(=O)(=O)c1ccccc1. The zero-order chi connectivity index (χ0) is 18.2. The number of ether oxygens (including phenoxy) is 1. The molecule has 3 unspecified atom stereocenters. The lowest BCUT2D eigenvalue weighted by Crippen LogP contribution is -2.28. The summed E-state index contributed by atoms with van der Waals surface area (Å²) in [6.07, 6.45) is 0. The Bertz CT molecular complexity index is 879. The number of carboxylic acids is 1. The van der Waals surface area contributed by atoms with Crippen LogP contribution < -0.4 is 0 Å². The predicted octanol–water partition coefficient (Wildman–Crippen LogP) is 2.48. The zero-order valence-electron chi connectivity index (χ0n) is 13.4. The molecule has 0 bridgehead atoms. The fraction of sp³-hybridized carbons (Fsp3) is 0.278. The first-order valence-electron chi connectivity index (χ1n) is 7.62. The van der Waals surface area contributed by atoms with Crippen LogP contribution in [0.4, 0.5) is 4.39 Å². The molecule has 7 heteroatoms. The monoisotopic (exact) mass is 364 g/mol. The molecule has 25 heavy (non-hydrogen) atoms. The Morgan fingerprint density at radius 2 is 1.76 bits per heavy atom. The van der Waals surface area contributed by atoms with Gasteiger partial charge in [0.2, 0.25) is 0 Å². The second-order valence-corrected chi connectivity index (χ2v) is 8.16. The number of rotatable bonds is 6. The van der Waals surface area contributed by atoms with Crippen molar-refractivity contribution in [2.45, 2.75) is 16.1 Å². The summed E-state index contributed by atoms with van der Waals surface area (Å²) in [5.41, 5.74) is -1.13. The Kier molecular flexibility index (Phi) is 4.38. The molecule has 0 saturated heterocycles. The molecule has 1 N–H and O–H groups in total. The quantitative estimate of drug-likeness (QED) is 0.852. The molecule has 1 aliphatic rings. The molecule has 5 nitrogen and oxygen atoms in total. The van der Waals surface area contributed by atoms with Gasteiger partial charge in [-0.15, -0.1) is 0 Å². The number of benzene rings is 2. The van der Waals surface area contributed by atoms with Crippen molar-refractivity contribution in [1.82, 2.24) is 0 Å². The molecule has 132 valence electrons. The van der Waals surface area contributed by atoms with E-state index < -0.39 is 38.2 Å². The molecule has 0 aromatic heterocycles. The van der Waals surface area contributed by atoms with E-state index in [2.05, 4.69) is 0 Å². The highest BCUT2D eigenvalue weighted by atomic mass is 32.2. The maximum Gasteiger partial charge on any atom is 0.314 e. The van der Waals surface area contributed by atoms with Crippen molar-refractivity contribution < 1.29 is 27.4 Å². The summed E-state index contributed by atoms with van der Waals surface area (Å²) in [7, 11) is -2.57. The molecule has 1 aliphatic carbocycles. The summed E-state index contributed by atoms with van der Waals surface area (Å²) >= 11 is 0. The van der Waals surface area contributed by atoms with Crippen LogP contribution in [0.25, 0.3) is 0 Å². The molecule has 0 heterocycles. The van der Waals surface area contributed by atoms with E-state index in [1.165, 1.54) is 43.5 Å². The van der Waals surface area contributed by atoms with Gasteiger partial charge in [-0.05, 0) is 29.8 Å². The number of aliphatic carboxylic acids is 1. The Hall–Kier alpha value is -2.25. The van der Waals surface area contributed by atoms with Crippen molar-refractivity contribution in [3.8, 4) is 0 Å². The molecule has 0 radical (unpaired) electrons. The Morgan fingerprint density at radius 3 is 2.28 bits per heavy atom. The van der Waals surface area contributed by atoms with Crippen LogP contribution in [0.2, 0.25) is 0 Å². The van der Waals surface area contributed by atoms with E-state index in [0.29, 0.717) is 5.56 Å². The summed E-state index contributed by atoms with van der Waals surface area (Å²) < 4.78 is 44.3. The second kappa shape index (κ2) is 6.24. The molecular formula is C18H17FO5S. The summed E-state index contributed by atoms with van der Waals surface area (Å²) in [4.78, 5) is 12.1. The van der Waals surface area contributed by atoms with E-state index in [4.69, 9.17) is 4.74 Å². The number of sulfone groups is 1. The van der Waals surface area contributed by atoms with Crippen LogP contribution in [0, 0.1) is 11.2 Å². The van der Waals surface area contributed by atoms with Gasteiger partial charge in [0.25, 0.3) is 0 Å². The Morgan fingerprint density at radius 1 is 1.16 bits per heavy atom. The Balaban J connectivity index is 2.12. The molecule has 3 rings (SSSR count). The van der Waals surface area contributed by atoms with Crippen LogP contribution in [0.3, 0.4) is 0 Å². The summed E-state index contributed by atoms with van der Waals surface area (Å²) in [6, 6.07) is 13.0. The Labute approximate surface area is 145 Å². The maximum atomic E-state index is 13.2. The largest absolute Gasteiger partial charge is 0.481 e. The average Bonchev–Trinajstić information content (AvgIpc) is 3.28. The van der Waals surface area contributed by atoms with Crippen LogP contribution in [0.5, 0.6) is 0 Å². The van der Waals surface area contributed by atoms with Crippen molar-refractivity contribution in [2.24, 2.45) is 5.41 Å².